The standard InChI is InChI=1S/C13H11N3O2/c1-7-13(8(2)18-16-7)9-3-4-11-10(5-9)12(6-17)15-14-11/h3-6H,1-2H3,(H,14,15). The number of rotatable bonds is 2. The zero-order valence-electron chi connectivity index (χ0n) is 10.0. The van der Waals surface area contributed by atoms with E-state index in [-0.39, 0.29) is 0 Å². The van der Waals surface area contributed by atoms with Crippen molar-refractivity contribution in [1.29, 1.82) is 0 Å². The van der Waals surface area contributed by atoms with Crippen molar-refractivity contribution >= 4 is 17.2 Å². The third-order valence-corrected chi connectivity index (χ3v) is 3.02. The van der Waals surface area contributed by atoms with Crippen LogP contribution in [0.15, 0.2) is 22.7 Å². The Morgan fingerprint density at radius 2 is 2.17 bits per heavy atom. The van der Waals surface area contributed by atoms with Crippen LogP contribution in [0.3, 0.4) is 0 Å². The van der Waals surface area contributed by atoms with Gasteiger partial charge in [0.2, 0.25) is 0 Å². The molecule has 5 heteroatoms. The number of nitrogens with zero attached hydrogens (tertiary/aromatic N) is 2. The Bertz CT molecular complexity index is 720. The van der Waals surface area contributed by atoms with E-state index in [0.29, 0.717) is 5.69 Å². The molecule has 0 amide bonds. The first-order valence-electron chi connectivity index (χ1n) is 5.57. The van der Waals surface area contributed by atoms with Gasteiger partial charge >= 0.3 is 0 Å². The predicted molar refractivity (Wildman–Crippen MR) is 66.5 cm³/mol. The summed E-state index contributed by atoms with van der Waals surface area (Å²) in [5, 5.41) is 11.5. The normalized spacial score (nSPS) is 11.0. The third kappa shape index (κ3) is 1.44. The van der Waals surface area contributed by atoms with E-state index in [9.17, 15) is 4.79 Å². The van der Waals surface area contributed by atoms with Gasteiger partial charge in [0.05, 0.1) is 11.2 Å². The summed E-state index contributed by atoms with van der Waals surface area (Å²) in [6, 6.07) is 5.75. The number of hydrogen-bond donors (Lipinski definition) is 1. The van der Waals surface area contributed by atoms with Crippen molar-refractivity contribution in [2.24, 2.45) is 0 Å². The van der Waals surface area contributed by atoms with Gasteiger partial charge in [0.25, 0.3) is 0 Å². The maximum atomic E-state index is 10.9. The van der Waals surface area contributed by atoms with Crippen LogP contribution in [0.4, 0.5) is 0 Å². The first kappa shape index (κ1) is 10.7. The van der Waals surface area contributed by atoms with Crippen LogP contribution >= 0.6 is 0 Å². The molecule has 5 nitrogen and oxygen atoms in total. The van der Waals surface area contributed by atoms with Gasteiger partial charge in [0.1, 0.15) is 11.5 Å². The minimum atomic E-state index is 0.485. The van der Waals surface area contributed by atoms with Gasteiger partial charge in [0.15, 0.2) is 6.29 Å². The van der Waals surface area contributed by atoms with Crippen molar-refractivity contribution in [3.63, 3.8) is 0 Å². The number of aromatic nitrogens is 3. The lowest BCUT2D eigenvalue weighted by Gasteiger charge is -2.00. The average Bonchev–Trinajstić information content (AvgIpc) is 2.92. The molecule has 0 radical (unpaired) electrons. The molecule has 0 saturated heterocycles. The Kier molecular flexibility index (Phi) is 2.26. The number of aromatic amines is 1. The summed E-state index contributed by atoms with van der Waals surface area (Å²) in [4.78, 5) is 10.9. The molecule has 0 spiro atoms. The number of fused-ring (bicyclic) bond motifs is 1. The number of aldehydes is 1. The van der Waals surface area contributed by atoms with Crippen molar-refractivity contribution < 1.29 is 9.32 Å². The van der Waals surface area contributed by atoms with Crippen LogP contribution in [-0.2, 0) is 0 Å². The van der Waals surface area contributed by atoms with Crippen molar-refractivity contribution in [3.8, 4) is 11.1 Å². The molecule has 0 atom stereocenters. The lowest BCUT2D eigenvalue weighted by atomic mass is 10.0. The molecular formula is C13H11N3O2. The fourth-order valence-electron chi connectivity index (χ4n) is 2.17. The topological polar surface area (TPSA) is 71.8 Å². The Morgan fingerprint density at radius 3 is 2.83 bits per heavy atom. The molecule has 2 heterocycles. The molecule has 18 heavy (non-hydrogen) atoms. The maximum Gasteiger partial charge on any atom is 0.168 e. The van der Waals surface area contributed by atoms with E-state index in [1.165, 1.54) is 0 Å². The van der Waals surface area contributed by atoms with Gasteiger partial charge in [-0.25, -0.2) is 0 Å². The summed E-state index contributed by atoms with van der Waals surface area (Å²) in [5.41, 5.74) is 4.03. The molecule has 1 aromatic carbocycles. The van der Waals surface area contributed by atoms with E-state index in [1.54, 1.807) is 0 Å². The Hall–Kier alpha value is -2.43. The molecule has 0 saturated carbocycles. The number of aryl methyl sites for hydroxylation is 2. The molecule has 0 unspecified atom stereocenters. The number of nitrogens with one attached hydrogen (secondary N) is 1. The lowest BCUT2D eigenvalue weighted by molar-refractivity contribution is 0.112. The maximum absolute atomic E-state index is 10.9. The molecule has 0 aliphatic heterocycles. The third-order valence-electron chi connectivity index (χ3n) is 3.02. The molecule has 0 aliphatic carbocycles. The van der Waals surface area contributed by atoms with Crippen LogP contribution in [0.5, 0.6) is 0 Å². The number of H-pyrrole nitrogens is 1. The second-order valence-electron chi connectivity index (χ2n) is 4.19. The summed E-state index contributed by atoms with van der Waals surface area (Å²) < 4.78 is 5.16. The van der Waals surface area contributed by atoms with E-state index in [4.69, 9.17) is 4.52 Å². The van der Waals surface area contributed by atoms with Gasteiger partial charge in [-0.1, -0.05) is 11.2 Å². The quantitative estimate of drug-likeness (QED) is 0.700. The number of carbonyl (C=O) groups excluding carboxylic acids is 1. The summed E-state index contributed by atoms with van der Waals surface area (Å²) in [5.74, 6) is 0.767. The number of carbonyl (C=O) groups is 1. The SMILES string of the molecule is Cc1noc(C)c1-c1ccc2n[nH]c(C=O)c2c1. The largest absolute Gasteiger partial charge is 0.361 e. The van der Waals surface area contributed by atoms with Crippen molar-refractivity contribution in [1.82, 2.24) is 15.4 Å². The summed E-state index contributed by atoms with van der Waals surface area (Å²) in [6.07, 6.45) is 0.770. The van der Waals surface area contributed by atoms with Crippen LogP contribution < -0.4 is 0 Å². The Labute approximate surface area is 103 Å². The molecule has 0 aliphatic rings. The highest BCUT2D eigenvalue weighted by Crippen LogP contribution is 2.29. The van der Waals surface area contributed by atoms with Gasteiger partial charge in [-0.2, -0.15) is 5.10 Å². The summed E-state index contributed by atoms with van der Waals surface area (Å²) >= 11 is 0. The van der Waals surface area contributed by atoms with Crippen molar-refractivity contribution in [2.75, 3.05) is 0 Å². The van der Waals surface area contributed by atoms with Crippen LogP contribution in [0.2, 0.25) is 0 Å². The number of hydrogen-bond acceptors (Lipinski definition) is 4. The zero-order chi connectivity index (χ0) is 12.7. The van der Waals surface area contributed by atoms with Crippen molar-refractivity contribution in [3.05, 3.63) is 35.3 Å². The van der Waals surface area contributed by atoms with Gasteiger partial charge in [-0.3, -0.25) is 9.89 Å². The Morgan fingerprint density at radius 1 is 1.33 bits per heavy atom. The lowest BCUT2D eigenvalue weighted by Crippen LogP contribution is -1.83. The minimum absolute atomic E-state index is 0.485. The first-order valence-corrected chi connectivity index (χ1v) is 5.57. The average molecular weight is 241 g/mol. The molecule has 90 valence electrons. The van der Waals surface area contributed by atoms with Crippen LogP contribution in [-0.4, -0.2) is 21.6 Å². The monoisotopic (exact) mass is 241 g/mol. The first-order chi connectivity index (χ1) is 8.70. The molecule has 3 aromatic rings. The van der Waals surface area contributed by atoms with E-state index >= 15 is 0 Å². The molecule has 0 bridgehead atoms. The van der Waals surface area contributed by atoms with Crippen LogP contribution in [0, 0.1) is 13.8 Å². The van der Waals surface area contributed by atoms with Crippen molar-refractivity contribution in [2.45, 2.75) is 13.8 Å². The van der Waals surface area contributed by atoms with Crippen LogP contribution in [0.1, 0.15) is 21.9 Å². The van der Waals surface area contributed by atoms with Gasteiger partial charge < -0.3 is 4.52 Å². The highest BCUT2D eigenvalue weighted by molar-refractivity contribution is 5.97. The van der Waals surface area contributed by atoms with Crippen LogP contribution in [0.25, 0.3) is 22.0 Å². The second kappa shape index (κ2) is 3.80. The number of benzene rings is 1. The smallest absolute Gasteiger partial charge is 0.168 e. The van der Waals surface area contributed by atoms with Gasteiger partial charge in [0, 0.05) is 10.9 Å². The highest BCUT2D eigenvalue weighted by Gasteiger charge is 2.13. The van der Waals surface area contributed by atoms with E-state index in [0.717, 1.165) is 39.8 Å². The fourth-order valence-corrected chi connectivity index (χ4v) is 2.17. The summed E-state index contributed by atoms with van der Waals surface area (Å²) in [7, 11) is 0. The van der Waals surface area contributed by atoms with Gasteiger partial charge in [-0.05, 0) is 31.5 Å². The molecule has 0 fully saturated rings. The van der Waals surface area contributed by atoms with E-state index < -0.39 is 0 Å². The zero-order valence-corrected chi connectivity index (χ0v) is 10.0. The second-order valence-corrected chi connectivity index (χ2v) is 4.19. The minimum Gasteiger partial charge on any atom is -0.361 e. The van der Waals surface area contributed by atoms with E-state index in [1.807, 2.05) is 32.0 Å². The predicted octanol–water partition coefficient (Wildman–Crippen LogP) is 2.65. The summed E-state index contributed by atoms with van der Waals surface area (Å²) in [6.45, 7) is 3.77. The highest BCUT2D eigenvalue weighted by atomic mass is 16.5. The molecule has 2 aromatic heterocycles. The molecule has 3 rings (SSSR count). The molecular weight excluding hydrogens is 230 g/mol. The fraction of sp³-hybridized carbons (Fsp3) is 0.154. The Balaban J connectivity index is 2.27. The van der Waals surface area contributed by atoms with E-state index in [2.05, 4.69) is 15.4 Å². The molecule has 1 N–H and O–H groups in total. The van der Waals surface area contributed by atoms with Gasteiger partial charge in [-0.15, -0.1) is 0 Å².